The van der Waals surface area contributed by atoms with Gasteiger partial charge in [0.1, 0.15) is 16.8 Å². The van der Waals surface area contributed by atoms with Gasteiger partial charge in [-0.1, -0.05) is 0 Å². The molecule has 2 aromatic rings. The third kappa shape index (κ3) is 3.74. The van der Waals surface area contributed by atoms with Crippen LogP contribution in [-0.4, -0.2) is 77.3 Å². The van der Waals surface area contributed by atoms with E-state index < -0.39 is 33.7 Å². The van der Waals surface area contributed by atoms with Gasteiger partial charge in [0.25, 0.3) is 5.91 Å². The van der Waals surface area contributed by atoms with E-state index in [-0.39, 0.29) is 48.8 Å². The summed E-state index contributed by atoms with van der Waals surface area (Å²) < 4.78 is 43.0. The predicted octanol–water partition coefficient (Wildman–Crippen LogP) is -0.169. The highest BCUT2D eigenvalue weighted by Gasteiger charge is 2.41. The molecule has 1 atom stereocenters. The lowest BCUT2D eigenvalue weighted by molar-refractivity contribution is -0.136. The Bertz CT molecular complexity index is 1300. The SMILES string of the molecule is Cn1cc(S(=O)(=O)N2CCN(c3cc(F)cc4c3CN(C3CCC(=O)NC3=O)C4=O)CC2)cn1. The lowest BCUT2D eigenvalue weighted by Crippen LogP contribution is -2.52. The van der Waals surface area contributed by atoms with Crippen molar-refractivity contribution in [2.24, 2.45) is 7.05 Å². The van der Waals surface area contributed by atoms with Crippen molar-refractivity contribution in [3.63, 3.8) is 0 Å². The summed E-state index contributed by atoms with van der Waals surface area (Å²) in [7, 11) is -2.05. The summed E-state index contributed by atoms with van der Waals surface area (Å²) in [5.74, 6) is -1.95. The summed E-state index contributed by atoms with van der Waals surface area (Å²) in [5, 5.41) is 6.18. The Morgan fingerprint density at radius 1 is 1.12 bits per heavy atom. The third-order valence-corrected chi connectivity index (χ3v) is 8.35. The topological polar surface area (TPSA) is 125 Å². The number of piperidine rings is 1. The number of carbonyl (C=O) groups is 3. The van der Waals surface area contributed by atoms with Crippen LogP contribution in [0, 0.1) is 5.82 Å². The van der Waals surface area contributed by atoms with Gasteiger partial charge in [0, 0.05) is 69.2 Å². The highest BCUT2D eigenvalue weighted by atomic mass is 32.2. The maximum absolute atomic E-state index is 14.5. The number of anilines is 1. The minimum absolute atomic E-state index is 0.112. The van der Waals surface area contributed by atoms with Crippen LogP contribution in [0.15, 0.2) is 29.4 Å². The van der Waals surface area contributed by atoms with Gasteiger partial charge in [-0.2, -0.15) is 9.40 Å². The van der Waals surface area contributed by atoms with Crippen molar-refractivity contribution >= 4 is 33.4 Å². The van der Waals surface area contributed by atoms with Gasteiger partial charge < -0.3 is 9.80 Å². The van der Waals surface area contributed by atoms with Crippen LogP contribution in [-0.2, 0) is 33.2 Å². The Balaban J connectivity index is 1.36. The summed E-state index contributed by atoms with van der Waals surface area (Å²) in [4.78, 5) is 40.2. The molecule has 0 radical (unpaired) electrons. The zero-order chi connectivity index (χ0) is 24.2. The molecule has 0 aliphatic carbocycles. The van der Waals surface area contributed by atoms with Crippen molar-refractivity contribution in [3.05, 3.63) is 41.5 Å². The van der Waals surface area contributed by atoms with Crippen molar-refractivity contribution < 1.29 is 27.2 Å². The minimum atomic E-state index is -3.69. The zero-order valence-electron chi connectivity index (χ0n) is 18.4. The van der Waals surface area contributed by atoms with Gasteiger partial charge in [0.15, 0.2) is 0 Å². The van der Waals surface area contributed by atoms with Crippen molar-refractivity contribution in [2.45, 2.75) is 30.3 Å². The molecule has 1 aromatic carbocycles. The molecule has 3 aliphatic heterocycles. The summed E-state index contributed by atoms with van der Waals surface area (Å²) in [5.41, 5.74) is 1.29. The second kappa shape index (κ2) is 8.17. The highest BCUT2D eigenvalue weighted by Crippen LogP contribution is 2.35. The number of benzene rings is 1. The van der Waals surface area contributed by atoms with E-state index in [1.54, 1.807) is 7.05 Å². The van der Waals surface area contributed by atoms with Crippen molar-refractivity contribution in [2.75, 3.05) is 31.1 Å². The molecule has 2 saturated heterocycles. The Morgan fingerprint density at radius 2 is 1.85 bits per heavy atom. The first-order valence-corrected chi connectivity index (χ1v) is 12.3. The van der Waals surface area contributed by atoms with Crippen LogP contribution in [0.25, 0.3) is 0 Å². The number of imide groups is 1. The smallest absolute Gasteiger partial charge is 0.255 e. The normalized spacial score (nSPS) is 21.7. The van der Waals surface area contributed by atoms with E-state index in [1.807, 2.05) is 4.90 Å². The van der Waals surface area contributed by atoms with Gasteiger partial charge in [-0.05, 0) is 18.6 Å². The number of nitrogens with zero attached hydrogens (tertiary/aromatic N) is 5. The van der Waals surface area contributed by atoms with Crippen LogP contribution in [0.1, 0.15) is 28.8 Å². The Labute approximate surface area is 195 Å². The quantitative estimate of drug-likeness (QED) is 0.590. The van der Waals surface area contributed by atoms with Crippen LogP contribution in [0.4, 0.5) is 10.1 Å². The molecule has 4 heterocycles. The van der Waals surface area contributed by atoms with Crippen LogP contribution in [0.2, 0.25) is 0 Å². The number of rotatable bonds is 4. The number of hydrogen-bond donors (Lipinski definition) is 1. The number of aromatic nitrogens is 2. The number of sulfonamides is 1. The number of amides is 3. The molecule has 0 spiro atoms. The molecular formula is C21H23FN6O5S. The summed E-state index contributed by atoms with van der Waals surface area (Å²) in [6, 6.07) is 1.71. The Kier molecular flexibility index (Phi) is 5.40. The molecular weight excluding hydrogens is 467 g/mol. The number of nitrogens with one attached hydrogen (secondary N) is 1. The number of aryl methyl sites for hydroxylation is 1. The standard InChI is InChI=1S/C21H23FN6O5S/c1-25-11-14(10-23-25)34(32,33)27-6-4-26(5-7-27)18-9-13(22)8-15-16(18)12-28(21(15)31)17-2-3-19(29)24-20(17)30/h8-11,17H,2-7,12H2,1H3,(H,24,29,30). The van der Waals surface area contributed by atoms with Gasteiger partial charge in [-0.15, -0.1) is 0 Å². The van der Waals surface area contributed by atoms with Crippen LogP contribution in [0.3, 0.4) is 0 Å². The second-order valence-electron chi connectivity index (χ2n) is 8.59. The Hall–Kier alpha value is -3.32. The molecule has 1 unspecified atom stereocenters. The molecule has 3 aliphatic rings. The number of fused-ring (bicyclic) bond motifs is 1. The first-order valence-electron chi connectivity index (χ1n) is 10.9. The van der Waals surface area contributed by atoms with Gasteiger partial charge in [0.2, 0.25) is 21.8 Å². The van der Waals surface area contributed by atoms with E-state index in [0.29, 0.717) is 24.3 Å². The molecule has 1 aromatic heterocycles. The minimum Gasteiger partial charge on any atom is -0.369 e. The van der Waals surface area contributed by atoms with E-state index in [4.69, 9.17) is 0 Å². The van der Waals surface area contributed by atoms with Gasteiger partial charge in [-0.25, -0.2) is 12.8 Å². The second-order valence-corrected chi connectivity index (χ2v) is 10.5. The summed E-state index contributed by atoms with van der Waals surface area (Å²) >= 11 is 0. The number of halogens is 1. The fourth-order valence-electron chi connectivity index (χ4n) is 4.74. The first kappa shape index (κ1) is 22.5. The number of hydrogen-bond acceptors (Lipinski definition) is 7. The monoisotopic (exact) mass is 490 g/mol. The van der Waals surface area contributed by atoms with Gasteiger partial charge in [-0.3, -0.25) is 24.4 Å². The summed E-state index contributed by atoms with van der Waals surface area (Å²) in [6.07, 6.45) is 3.09. The van der Waals surface area contributed by atoms with Crippen LogP contribution >= 0.6 is 0 Å². The lowest BCUT2D eigenvalue weighted by atomic mass is 10.0. The van der Waals surface area contributed by atoms with Gasteiger partial charge in [0.05, 0.1) is 6.20 Å². The highest BCUT2D eigenvalue weighted by molar-refractivity contribution is 7.89. The zero-order valence-corrected chi connectivity index (χ0v) is 19.2. The molecule has 2 fully saturated rings. The number of carbonyl (C=O) groups excluding carboxylic acids is 3. The molecule has 11 nitrogen and oxygen atoms in total. The van der Waals surface area contributed by atoms with Crippen molar-refractivity contribution in [3.8, 4) is 0 Å². The molecule has 1 N–H and O–H groups in total. The van der Waals surface area contributed by atoms with E-state index in [9.17, 15) is 27.2 Å². The van der Waals surface area contributed by atoms with E-state index in [0.717, 1.165) is 6.07 Å². The molecule has 0 saturated carbocycles. The fraction of sp³-hybridized carbons (Fsp3) is 0.429. The predicted molar refractivity (Wildman–Crippen MR) is 117 cm³/mol. The molecule has 0 bridgehead atoms. The summed E-state index contributed by atoms with van der Waals surface area (Å²) in [6.45, 7) is 1.11. The van der Waals surface area contributed by atoms with E-state index in [2.05, 4.69) is 10.4 Å². The molecule has 34 heavy (non-hydrogen) atoms. The Morgan fingerprint density at radius 3 is 2.50 bits per heavy atom. The lowest BCUT2D eigenvalue weighted by Gasteiger charge is -2.36. The maximum atomic E-state index is 14.5. The average Bonchev–Trinajstić information content (AvgIpc) is 3.38. The molecule has 5 rings (SSSR count). The molecule has 180 valence electrons. The average molecular weight is 491 g/mol. The van der Waals surface area contributed by atoms with Crippen LogP contribution in [0.5, 0.6) is 0 Å². The molecule has 3 amide bonds. The number of piperazine rings is 1. The first-order chi connectivity index (χ1) is 16.1. The maximum Gasteiger partial charge on any atom is 0.255 e. The van der Waals surface area contributed by atoms with Crippen molar-refractivity contribution in [1.82, 2.24) is 24.3 Å². The largest absolute Gasteiger partial charge is 0.369 e. The fourth-order valence-corrected chi connectivity index (χ4v) is 6.15. The molecule has 13 heteroatoms. The van der Waals surface area contributed by atoms with Crippen LogP contribution < -0.4 is 10.2 Å². The van der Waals surface area contributed by atoms with Gasteiger partial charge >= 0.3 is 0 Å². The van der Waals surface area contributed by atoms with E-state index >= 15 is 0 Å². The van der Waals surface area contributed by atoms with Crippen molar-refractivity contribution in [1.29, 1.82) is 0 Å². The third-order valence-electron chi connectivity index (χ3n) is 6.50. The van der Waals surface area contributed by atoms with E-state index in [1.165, 1.54) is 32.3 Å².